The number of ketones is 1. The summed E-state index contributed by atoms with van der Waals surface area (Å²) in [4.78, 5) is 64.8. The van der Waals surface area contributed by atoms with Gasteiger partial charge in [0.05, 0.1) is 18.0 Å². The van der Waals surface area contributed by atoms with E-state index >= 15 is 0 Å². The van der Waals surface area contributed by atoms with E-state index in [1.54, 1.807) is 0 Å². The lowest BCUT2D eigenvalue weighted by atomic mass is 9.86. The SMILES string of the molecule is CC[C@H]1C(=O)N(CCCCCC(=O)NNC(=O)CCCN(C)C(C(=O)N[C@H](C(C)=O)C(C)C)C(C)C)C1C. The van der Waals surface area contributed by atoms with Crippen LogP contribution in [0.3, 0.4) is 0 Å². The molecule has 1 aliphatic heterocycles. The van der Waals surface area contributed by atoms with E-state index in [2.05, 4.69) is 23.1 Å². The molecule has 10 nitrogen and oxygen atoms in total. The van der Waals surface area contributed by atoms with Crippen molar-refractivity contribution >= 4 is 29.4 Å². The van der Waals surface area contributed by atoms with Crippen molar-refractivity contribution in [2.45, 2.75) is 112 Å². The zero-order valence-corrected chi connectivity index (χ0v) is 24.8. The summed E-state index contributed by atoms with van der Waals surface area (Å²) in [7, 11) is 1.84. The highest BCUT2D eigenvalue weighted by atomic mass is 16.2. The quantitative estimate of drug-likeness (QED) is 0.149. The first kappa shape index (κ1) is 33.5. The van der Waals surface area contributed by atoms with Gasteiger partial charge in [0.15, 0.2) is 5.78 Å². The normalized spacial score (nSPS) is 18.8. The Bertz CT molecular complexity index is 815. The van der Waals surface area contributed by atoms with Crippen LogP contribution in [0, 0.1) is 17.8 Å². The van der Waals surface area contributed by atoms with Gasteiger partial charge >= 0.3 is 0 Å². The van der Waals surface area contributed by atoms with E-state index in [9.17, 15) is 24.0 Å². The highest BCUT2D eigenvalue weighted by molar-refractivity contribution is 5.90. The van der Waals surface area contributed by atoms with E-state index < -0.39 is 12.1 Å². The summed E-state index contributed by atoms with van der Waals surface area (Å²) >= 11 is 0. The molecular weight excluding hydrogens is 486 g/mol. The van der Waals surface area contributed by atoms with Crippen LogP contribution in [0.4, 0.5) is 0 Å². The zero-order valence-electron chi connectivity index (χ0n) is 24.8. The third kappa shape index (κ3) is 10.3. The van der Waals surface area contributed by atoms with Crippen molar-refractivity contribution in [3.63, 3.8) is 0 Å². The van der Waals surface area contributed by atoms with Gasteiger partial charge in [0.25, 0.3) is 0 Å². The van der Waals surface area contributed by atoms with Gasteiger partial charge in [-0.05, 0) is 65.0 Å². The van der Waals surface area contributed by atoms with Crippen LogP contribution in [0.1, 0.15) is 93.4 Å². The number of β-lactam (4-membered cyclic amide) rings is 1. The molecule has 0 radical (unpaired) electrons. The minimum atomic E-state index is -0.520. The van der Waals surface area contributed by atoms with Crippen LogP contribution in [0.25, 0.3) is 0 Å². The molecule has 1 rings (SSSR count). The fourth-order valence-corrected chi connectivity index (χ4v) is 5.21. The molecule has 1 fully saturated rings. The first-order valence-electron chi connectivity index (χ1n) is 14.2. The van der Waals surface area contributed by atoms with Crippen LogP contribution in [0.2, 0.25) is 0 Å². The molecule has 1 heterocycles. The molecule has 1 aliphatic rings. The van der Waals surface area contributed by atoms with E-state index in [4.69, 9.17) is 0 Å². The Morgan fingerprint density at radius 2 is 1.50 bits per heavy atom. The summed E-state index contributed by atoms with van der Waals surface area (Å²) in [6.07, 6.45) is 4.32. The number of unbranched alkanes of at least 4 members (excludes halogenated alkanes) is 2. The van der Waals surface area contributed by atoms with Gasteiger partial charge in [0, 0.05) is 25.4 Å². The Hall–Kier alpha value is -2.49. The van der Waals surface area contributed by atoms with Crippen molar-refractivity contribution in [3.05, 3.63) is 0 Å². The van der Waals surface area contributed by atoms with Gasteiger partial charge in [0.2, 0.25) is 23.6 Å². The van der Waals surface area contributed by atoms with Crippen molar-refractivity contribution in [1.29, 1.82) is 0 Å². The molecule has 4 amide bonds. The van der Waals surface area contributed by atoms with E-state index in [0.717, 1.165) is 25.8 Å². The van der Waals surface area contributed by atoms with Gasteiger partial charge in [0.1, 0.15) is 0 Å². The maximum absolute atomic E-state index is 12.9. The van der Waals surface area contributed by atoms with E-state index in [0.29, 0.717) is 31.8 Å². The molecule has 4 atom stereocenters. The highest BCUT2D eigenvalue weighted by Crippen LogP contribution is 2.29. The smallest absolute Gasteiger partial charge is 0.238 e. The van der Waals surface area contributed by atoms with Gasteiger partial charge in [-0.3, -0.25) is 39.7 Å². The minimum Gasteiger partial charge on any atom is -0.345 e. The molecule has 0 bridgehead atoms. The lowest BCUT2D eigenvalue weighted by molar-refractivity contribution is -0.155. The summed E-state index contributed by atoms with van der Waals surface area (Å²) in [5, 5.41) is 2.88. The molecule has 0 saturated carbocycles. The van der Waals surface area contributed by atoms with Crippen molar-refractivity contribution in [2.75, 3.05) is 20.1 Å². The van der Waals surface area contributed by atoms with Gasteiger partial charge in [-0.1, -0.05) is 41.0 Å². The van der Waals surface area contributed by atoms with Crippen LogP contribution in [0.5, 0.6) is 0 Å². The van der Waals surface area contributed by atoms with E-state index in [1.807, 2.05) is 51.5 Å². The second-order valence-corrected chi connectivity index (χ2v) is 11.3. The van der Waals surface area contributed by atoms with Crippen molar-refractivity contribution in [2.24, 2.45) is 17.8 Å². The second-order valence-electron chi connectivity index (χ2n) is 11.3. The predicted molar refractivity (Wildman–Crippen MR) is 148 cm³/mol. The number of hydrogen-bond donors (Lipinski definition) is 3. The number of Topliss-reactive ketones (excluding diaryl/α,β-unsaturated/α-hetero) is 1. The molecule has 1 saturated heterocycles. The second kappa shape index (κ2) is 16.5. The lowest BCUT2D eigenvalue weighted by Gasteiger charge is -2.45. The number of amides is 4. The summed E-state index contributed by atoms with van der Waals surface area (Å²) in [6, 6.07) is -0.634. The van der Waals surface area contributed by atoms with Crippen LogP contribution in [-0.4, -0.2) is 77.5 Å². The first-order valence-corrected chi connectivity index (χ1v) is 14.2. The maximum atomic E-state index is 12.9. The van der Waals surface area contributed by atoms with Gasteiger partial charge in [-0.2, -0.15) is 0 Å². The van der Waals surface area contributed by atoms with Crippen molar-refractivity contribution < 1.29 is 24.0 Å². The molecule has 0 spiro atoms. The fraction of sp³-hybridized carbons (Fsp3) is 0.821. The molecule has 10 heteroatoms. The summed E-state index contributed by atoms with van der Waals surface area (Å²) in [5.74, 6) is -0.359. The average Bonchev–Trinajstić information content (AvgIpc) is 2.83. The molecule has 0 aromatic carbocycles. The number of carbonyl (C=O) groups is 5. The number of likely N-dealkylation sites (tertiary alicyclic amines) is 1. The Kier molecular flexibility index (Phi) is 14.5. The van der Waals surface area contributed by atoms with Crippen LogP contribution in [0.15, 0.2) is 0 Å². The Balaban J connectivity index is 2.27. The minimum absolute atomic E-state index is 0.00183. The standard InChI is InChI=1S/C28H51N5O5/c1-9-22-20(6)33(28(22)38)17-12-10-11-14-23(35)30-31-24(36)15-13-16-32(8)26(19(4)5)27(37)29-25(18(2)3)21(7)34/h18-20,22,25-26H,9-17H2,1-8H3,(H,29,37)(H,30,35)(H,31,36)/t20?,22-,25+,26?/m1/s1. The molecule has 0 aromatic heterocycles. The van der Waals surface area contributed by atoms with Gasteiger partial charge in [-0.25, -0.2) is 0 Å². The van der Waals surface area contributed by atoms with Crippen LogP contribution < -0.4 is 16.2 Å². The number of likely N-dealkylation sites (N-methyl/N-ethyl adjacent to an activating group) is 1. The molecule has 2 unspecified atom stereocenters. The third-order valence-corrected chi connectivity index (χ3v) is 7.45. The maximum Gasteiger partial charge on any atom is 0.238 e. The fourth-order valence-electron chi connectivity index (χ4n) is 5.21. The highest BCUT2D eigenvalue weighted by Gasteiger charge is 2.42. The average molecular weight is 538 g/mol. The Labute approximate surface area is 229 Å². The molecule has 38 heavy (non-hydrogen) atoms. The largest absolute Gasteiger partial charge is 0.345 e. The topological polar surface area (TPSA) is 128 Å². The summed E-state index contributed by atoms with van der Waals surface area (Å²) in [5.41, 5.74) is 4.91. The molecule has 0 aromatic rings. The van der Waals surface area contributed by atoms with E-state index in [-0.39, 0.29) is 53.6 Å². The number of carbonyl (C=O) groups excluding carboxylic acids is 5. The lowest BCUT2D eigenvalue weighted by Crippen LogP contribution is -2.59. The molecule has 3 N–H and O–H groups in total. The number of nitrogens with zero attached hydrogens (tertiary/aromatic N) is 2. The zero-order chi connectivity index (χ0) is 29.0. The number of hydrazine groups is 1. The van der Waals surface area contributed by atoms with Gasteiger partial charge in [-0.15, -0.1) is 0 Å². The Morgan fingerprint density at radius 3 is 1.97 bits per heavy atom. The van der Waals surface area contributed by atoms with Crippen LogP contribution in [-0.2, 0) is 24.0 Å². The predicted octanol–water partition coefficient (Wildman–Crippen LogP) is 2.42. The number of hydrogen-bond acceptors (Lipinski definition) is 6. The van der Waals surface area contributed by atoms with E-state index in [1.165, 1.54) is 6.92 Å². The number of rotatable bonds is 17. The first-order chi connectivity index (χ1) is 17.8. The van der Waals surface area contributed by atoms with Crippen LogP contribution >= 0.6 is 0 Å². The van der Waals surface area contributed by atoms with Crippen molar-refractivity contribution in [1.82, 2.24) is 26.0 Å². The molecular formula is C28H51N5O5. The molecule has 218 valence electrons. The monoisotopic (exact) mass is 537 g/mol. The number of nitrogens with one attached hydrogen (secondary N) is 3. The van der Waals surface area contributed by atoms with Crippen molar-refractivity contribution in [3.8, 4) is 0 Å². The summed E-state index contributed by atoms with van der Waals surface area (Å²) < 4.78 is 0. The van der Waals surface area contributed by atoms with Gasteiger partial charge < -0.3 is 10.2 Å². The summed E-state index contributed by atoms with van der Waals surface area (Å²) in [6.45, 7) is 14.6. The Morgan fingerprint density at radius 1 is 0.921 bits per heavy atom. The molecule has 0 aliphatic carbocycles. The third-order valence-electron chi connectivity index (χ3n) is 7.45.